The van der Waals surface area contributed by atoms with Crippen LogP contribution in [0.3, 0.4) is 0 Å². The van der Waals surface area contributed by atoms with Crippen LogP contribution in [0, 0.1) is 0 Å². The number of aromatic carboxylic acids is 1. The second kappa shape index (κ2) is 6.18. The summed E-state index contributed by atoms with van der Waals surface area (Å²) in [4.78, 5) is 11.1. The number of anilines is 1. The van der Waals surface area contributed by atoms with Gasteiger partial charge >= 0.3 is 5.97 Å². The van der Waals surface area contributed by atoms with Crippen molar-refractivity contribution in [2.24, 2.45) is 5.10 Å². The molecule has 3 rings (SSSR count). The molecule has 0 unspecified atom stereocenters. The van der Waals surface area contributed by atoms with Crippen LogP contribution in [0.25, 0.3) is 0 Å². The van der Waals surface area contributed by atoms with E-state index in [1.807, 2.05) is 25.1 Å². The summed E-state index contributed by atoms with van der Waals surface area (Å²) in [6, 6.07) is 10.1. The number of hydrogen-bond donors (Lipinski definition) is 2. The number of carboxylic acids is 1. The highest BCUT2D eigenvalue weighted by Crippen LogP contribution is 2.32. The molecule has 0 amide bonds. The quantitative estimate of drug-likeness (QED) is 0.660. The normalized spacial score (nSPS) is 13.0. The highest BCUT2D eigenvalue weighted by Gasteiger charge is 2.14. The summed E-state index contributed by atoms with van der Waals surface area (Å²) < 4.78 is 10.6. The van der Waals surface area contributed by atoms with Crippen molar-refractivity contribution in [1.82, 2.24) is 0 Å². The first-order valence-electron chi connectivity index (χ1n) is 6.78. The Bertz CT molecular complexity index is 805. The predicted octanol–water partition coefficient (Wildman–Crippen LogP) is 3.60. The maximum Gasteiger partial charge on any atom is 0.337 e. The second-order valence-electron chi connectivity index (χ2n) is 4.88. The maximum atomic E-state index is 11.1. The third-order valence-electron chi connectivity index (χ3n) is 3.34. The van der Waals surface area contributed by atoms with E-state index in [0.717, 1.165) is 11.3 Å². The van der Waals surface area contributed by atoms with Gasteiger partial charge in [0.25, 0.3) is 0 Å². The fourth-order valence-electron chi connectivity index (χ4n) is 2.09. The molecule has 0 saturated heterocycles. The third kappa shape index (κ3) is 3.22. The van der Waals surface area contributed by atoms with Crippen molar-refractivity contribution in [2.75, 3.05) is 12.2 Å². The lowest BCUT2D eigenvalue weighted by Crippen LogP contribution is -2.02. The summed E-state index contributed by atoms with van der Waals surface area (Å²) in [7, 11) is 0. The van der Waals surface area contributed by atoms with E-state index in [2.05, 4.69) is 10.5 Å². The molecule has 2 aromatic rings. The summed E-state index contributed by atoms with van der Waals surface area (Å²) in [6.45, 7) is 2.05. The molecule has 118 valence electrons. The lowest BCUT2D eigenvalue weighted by Gasteiger charge is -2.06. The van der Waals surface area contributed by atoms with E-state index in [1.54, 1.807) is 6.07 Å². The lowest BCUT2D eigenvalue weighted by molar-refractivity contribution is 0.0697. The van der Waals surface area contributed by atoms with E-state index in [0.29, 0.717) is 17.2 Å². The first kappa shape index (κ1) is 15.2. The molecule has 2 aromatic carbocycles. The third-order valence-corrected chi connectivity index (χ3v) is 3.67. The van der Waals surface area contributed by atoms with Crippen molar-refractivity contribution in [3.8, 4) is 11.5 Å². The van der Waals surface area contributed by atoms with Crippen LogP contribution in [0.15, 0.2) is 41.5 Å². The molecule has 0 radical (unpaired) electrons. The molecule has 7 heteroatoms. The number of carbonyl (C=O) groups is 1. The van der Waals surface area contributed by atoms with Crippen LogP contribution in [0.1, 0.15) is 22.8 Å². The molecule has 6 nitrogen and oxygen atoms in total. The van der Waals surface area contributed by atoms with E-state index in [1.165, 1.54) is 12.1 Å². The minimum absolute atomic E-state index is 0.0209. The van der Waals surface area contributed by atoms with Crippen LogP contribution in [0.5, 0.6) is 11.5 Å². The number of hydrazone groups is 1. The van der Waals surface area contributed by atoms with Gasteiger partial charge in [-0.15, -0.1) is 0 Å². The number of fused-ring (bicyclic) bond motifs is 1. The molecule has 0 saturated carbocycles. The molecular weight excluding hydrogens is 320 g/mol. The zero-order valence-corrected chi connectivity index (χ0v) is 12.9. The summed E-state index contributed by atoms with van der Waals surface area (Å²) >= 11 is 5.83. The summed E-state index contributed by atoms with van der Waals surface area (Å²) in [5.41, 5.74) is 4.97. The van der Waals surface area contributed by atoms with E-state index in [9.17, 15) is 4.79 Å². The Kier molecular flexibility index (Phi) is 4.08. The fraction of sp³-hybridized carbons (Fsp3) is 0.125. The lowest BCUT2D eigenvalue weighted by atomic mass is 10.1. The SMILES string of the molecule is C/C(=N/Nc1ccc(Cl)c(C(=O)O)c1)c1ccc2c(c1)OCO2. The highest BCUT2D eigenvalue weighted by atomic mass is 35.5. The second-order valence-corrected chi connectivity index (χ2v) is 5.28. The van der Waals surface area contributed by atoms with Gasteiger partial charge in [-0.2, -0.15) is 5.10 Å². The largest absolute Gasteiger partial charge is 0.478 e. The molecular formula is C16H13ClN2O4. The van der Waals surface area contributed by atoms with Gasteiger partial charge in [0, 0.05) is 5.56 Å². The minimum atomic E-state index is -1.09. The Balaban J connectivity index is 1.79. The highest BCUT2D eigenvalue weighted by molar-refractivity contribution is 6.33. The monoisotopic (exact) mass is 332 g/mol. The van der Waals surface area contributed by atoms with Gasteiger partial charge in [-0.3, -0.25) is 5.43 Å². The molecule has 1 heterocycles. The molecule has 0 atom stereocenters. The van der Waals surface area contributed by atoms with Crippen molar-refractivity contribution in [3.05, 3.63) is 52.5 Å². The van der Waals surface area contributed by atoms with Gasteiger partial charge in [0.2, 0.25) is 6.79 Å². The molecule has 1 aliphatic heterocycles. The van der Waals surface area contributed by atoms with Crippen LogP contribution < -0.4 is 14.9 Å². The number of nitrogens with zero attached hydrogens (tertiary/aromatic N) is 1. The molecule has 0 aliphatic carbocycles. The summed E-state index contributed by atoms with van der Waals surface area (Å²) in [5, 5.41) is 13.5. The Morgan fingerprint density at radius 3 is 2.78 bits per heavy atom. The maximum absolute atomic E-state index is 11.1. The molecule has 23 heavy (non-hydrogen) atoms. The van der Waals surface area contributed by atoms with Gasteiger partial charge in [0.1, 0.15) is 0 Å². The van der Waals surface area contributed by atoms with Gasteiger partial charge in [-0.1, -0.05) is 11.6 Å². The van der Waals surface area contributed by atoms with E-state index in [-0.39, 0.29) is 17.4 Å². The van der Waals surface area contributed by atoms with Gasteiger partial charge in [0.05, 0.1) is 22.0 Å². The number of nitrogens with one attached hydrogen (secondary N) is 1. The van der Waals surface area contributed by atoms with Crippen LogP contribution in [-0.4, -0.2) is 23.6 Å². The van der Waals surface area contributed by atoms with Crippen molar-refractivity contribution in [1.29, 1.82) is 0 Å². The summed E-state index contributed by atoms with van der Waals surface area (Å²) in [5.74, 6) is 0.296. The Morgan fingerprint density at radius 2 is 2.00 bits per heavy atom. The molecule has 0 spiro atoms. The van der Waals surface area contributed by atoms with E-state index < -0.39 is 5.97 Å². The fourth-order valence-corrected chi connectivity index (χ4v) is 2.29. The number of ether oxygens (including phenoxy) is 2. The number of halogens is 1. The standard InChI is InChI=1S/C16H13ClN2O4/c1-9(10-2-5-14-15(6-10)23-8-22-14)18-19-11-3-4-13(17)12(7-11)16(20)21/h2-7,19H,8H2,1H3,(H,20,21)/b18-9-. The number of benzene rings is 2. The van der Waals surface area contributed by atoms with Gasteiger partial charge in [0.15, 0.2) is 11.5 Å². The molecule has 0 bridgehead atoms. The Morgan fingerprint density at radius 1 is 1.22 bits per heavy atom. The molecule has 0 aromatic heterocycles. The number of carboxylic acid groups (broad SMARTS) is 1. The van der Waals surface area contributed by atoms with Gasteiger partial charge < -0.3 is 14.6 Å². The average molecular weight is 333 g/mol. The number of rotatable bonds is 4. The zero-order valence-electron chi connectivity index (χ0n) is 12.2. The average Bonchev–Trinajstić information content (AvgIpc) is 3.01. The van der Waals surface area contributed by atoms with E-state index >= 15 is 0 Å². The first-order valence-corrected chi connectivity index (χ1v) is 7.15. The van der Waals surface area contributed by atoms with Gasteiger partial charge in [-0.05, 0) is 43.3 Å². The predicted molar refractivity (Wildman–Crippen MR) is 86.8 cm³/mol. The van der Waals surface area contributed by atoms with Crippen LogP contribution in [0.2, 0.25) is 5.02 Å². The smallest absolute Gasteiger partial charge is 0.337 e. The Labute approximate surface area is 137 Å². The first-order chi connectivity index (χ1) is 11.0. The Hall–Kier alpha value is -2.73. The summed E-state index contributed by atoms with van der Waals surface area (Å²) in [6.07, 6.45) is 0. The number of hydrogen-bond acceptors (Lipinski definition) is 5. The minimum Gasteiger partial charge on any atom is -0.478 e. The van der Waals surface area contributed by atoms with Gasteiger partial charge in [-0.25, -0.2) is 4.79 Å². The van der Waals surface area contributed by atoms with Crippen molar-refractivity contribution < 1.29 is 19.4 Å². The zero-order chi connectivity index (χ0) is 16.4. The van der Waals surface area contributed by atoms with Crippen molar-refractivity contribution in [3.63, 3.8) is 0 Å². The van der Waals surface area contributed by atoms with Crippen LogP contribution in [0.4, 0.5) is 5.69 Å². The van der Waals surface area contributed by atoms with Crippen LogP contribution in [-0.2, 0) is 0 Å². The molecule has 1 aliphatic rings. The van der Waals surface area contributed by atoms with E-state index in [4.69, 9.17) is 26.2 Å². The van der Waals surface area contributed by atoms with Crippen LogP contribution >= 0.6 is 11.6 Å². The molecule has 2 N–H and O–H groups in total. The topological polar surface area (TPSA) is 80.2 Å². The molecule has 0 fully saturated rings. The van der Waals surface area contributed by atoms with Crippen molar-refractivity contribution in [2.45, 2.75) is 6.92 Å². The van der Waals surface area contributed by atoms with Crippen molar-refractivity contribution >= 4 is 29.0 Å².